The number of hydrogen-bond donors (Lipinski definition) is 1. The maximum absolute atomic E-state index is 11.7. The molecule has 4 rings (SSSR count). The van der Waals surface area contributed by atoms with Crippen molar-refractivity contribution in [2.75, 3.05) is 26.3 Å². The largest absolute Gasteiger partial charge is 0.379 e. The Kier molecular flexibility index (Phi) is 5.05. The summed E-state index contributed by atoms with van der Waals surface area (Å²) in [4.78, 5) is 20.7. The molecule has 26 heavy (non-hydrogen) atoms. The smallest absolute Gasteiger partial charge is 0.261 e. The van der Waals surface area contributed by atoms with Gasteiger partial charge in [-0.25, -0.2) is 9.67 Å². The van der Waals surface area contributed by atoms with Gasteiger partial charge in [-0.3, -0.25) is 9.69 Å². The summed E-state index contributed by atoms with van der Waals surface area (Å²) in [5.74, 6) is 0. The lowest BCUT2D eigenvalue weighted by Crippen LogP contribution is -2.35. The van der Waals surface area contributed by atoms with Gasteiger partial charge in [0.05, 0.1) is 32.3 Å². The third kappa shape index (κ3) is 3.82. The SMILES string of the molecule is O=c1[nH]cnc2c1cnn2COCc1ccc(CN2CCOCC2)cc1. The van der Waals surface area contributed by atoms with Crippen molar-refractivity contribution in [3.05, 3.63) is 58.3 Å². The highest BCUT2D eigenvalue weighted by Gasteiger charge is 2.10. The molecule has 136 valence electrons. The van der Waals surface area contributed by atoms with Crippen molar-refractivity contribution in [2.45, 2.75) is 19.9 Å². The predicted octanol–water partition coefficient (Wildman–Crippen LogP) is 1.13. The van der Waals surface area contributed by atoms with Gasteiger partial charge in [0.2, 0.25) is 0 Å². The molecule has 0 unspecified atom stereocenters. The van der Waals surface area contributed by atoms with Crippen LogP contribution in [0, 0.1) is 0 Å². The standard InChI is InChI=1S/C18H21N5O3/c24-18-16-9-21-23(17(16)19-12-20-18)13-26-11-15-3-1-14(2-4-15)10-22-5-7-25-8-6-22/h1-4,9,12H,5-8,10-11,13H2,(H,19,20,24). The summed E-state index contributed by atoms with van der Waals surface area (Å²) in [6.45, 7) is 5.27. The average Bonchev–Trinajstić information content (AvgIpc) is 3.09. The van der Waals surface area contributed by atoms with Gasteiger partial charge in [-0.2, -0.15) is 5.10 Å². The molecule has 0 bridgehead atoms. The first-order valence-corrected chi connectivity index (χ1v) is 8.64. The van der Waals surface area contributed by atoms with Crippen molar-refractivity contribution in [2.24, 2.45) is 0 Å². The van der Waals surface area contributed by atoms with Crippen LogP contribution in [0.1, 0.15) is 11.1 Å². The van der Waals surface area contributed by atoms with E-state index in [1.165, 1.54) is 18.1 Å². The summed E-state index contributed by atoms with van der Waals surface area (Å²) >= 11 is 0. The number of nitrogens with zero attached hydrogens (tertiary/aromatic N) is 4. The van der Waals surface area contributed by atoms with Crippen molar-refractivity contribution in [1.82, 2.24) is 24.6 Å². The fraction of sp³-hybridized carbons (Fsp3) is 0.389. The Bertz CT molecular complexity index is 912. The summed E-state index contributed by atoms with van der Waals surface area (Å²) in [5.41, 5.74) is 2.71. The Morgan fingerprint density at radius 2 is 1.92 bits per heavy atom. The molecule has 1 saturated heterocycles. The number of rotatable bonds is 6. The topological polar surface area (TPSA) is 85.3 Å². The van der Waals surface area contributed by atoms with Crippen LogP contribution in [0.15, 0.2) is 41.6 Å². The molecular weight excluding hydrogens is 334 g/mol. The third-order valence-corrected chi connectivity index (χ3v) is 4.45. The van der Waals surface area contributed by atoms with Gasteiger partial charge in [-0.1, -0.05) is 24.3 Å². The summed E-state index contributed by atoms with van der Waals surface area (Å²) in [6.07, 6.45) is 2.88. The van der Waals surface area contributed by atoms with Gasteiger partial charge in [0.25, 0.3) is 5.56 Å². The first-order valence-electron chi connectivity index (χ1n) is 8.64. The van der Waals surface area contributed by atoms with Crippen LogP contribution in [0.5, 0.6) is 0 Å². The fourth-order valence-electron chi connectivity index (χ4n) is 3.01. The Morgan fingerprint density at radius 3 is 2.73 bits per heavy atom. The second-order valence-corrected chi connectivity index (χ2v) is 6.30. The van der Waals surface area contributed by atoms with Gasteiger partial charge in [-0.05, 0) is 11.1 Å². The van der Waals surface area contributed by atoms with Crippen LogP contribution < -0.4 is 5.56 Å². The number of aromatic nitrogens is 4. The Morgan fingerprint density at radius 1 is 1.15 bits per heavy atom. The number of hydrogen-bond acceptors (Lipinski definition) is 6. The van der Waals surface area contributed by atoms with Gasteiger partial charge in [0.1, 0.15) is 12.1 Å². The highest BCUT2D eigenvalue weighted by molar-refractivity contribution is 5.72. The van der Waals surface area contributed by atoms with Crippen molar-refractivity contribution < 1.29 is 9.47 Å². The molecule has 0 aliphatic carbocycles. The first kappa shape index (κ1) is 16.9. The number of nitrogens with one attached hydrogen (secondary N) is 1. The number of ether oxygens (including phenoxy) is 2. The molecule has 1 aliphatic heterocycles. The van der Waals surface area contributed by atoms with E-state index < -0.39 is 0 Å². The van der Waals surface area contributed by atoms with Crippen molar-refractivity contribution in [3.63, 3.8) is 0 Å². The number of morpholine rings is 1. The van der Waals surface area contributed by atoms with E-state index in [0.29, 0.717) is 17.6 Å². The normalized spacial score (nSPS) is 15.5. The summed E-state index contributed by atoms with van der Waals surface area (Å²) < 4.78 is 12.7. The minimum absolute atomic E-state index is 0.197. The number of fused-ring (bicyclic) bond motifs is 1. The summed E-state index contributed by atoms with van der Waals surface area (Å²) in [6, 6.07) is 8.44. The first-order chi connectivity index (χ1) is 12.8. The van der Waals surface area contributed by atoms with E-state index in [2.05, 4.69) is 44.2 Å². The van der Waals surface area contributed by atoms with Gasteiger partial charge in [0.15, 0.2) is 5.65 Å². The molecule has 1 aromatic carbocycles. The van der Waals surface area contributed by atoms with Crippen LogP contribution in [-0.2, 0) is 29.4 Å². The Balaban J connectivity index is 1.31. The Labute approximate surface area is 150 Å². The van der Waals surface area contributed by atoms with Gasteiger partial charge >= 0.3 is 0 Å². The minimum Gasteiger partial charge on any atom is -0.379 e. The monoisotopic (exact) mass is 355 g/mol. The molecule has 0 spiro atoms. The van der Waals surface area contributed by atoms with E-state index in [0.717, 1.165) is 38.4 Å². The lowest BCUT2D eigenvalue weighted by Gasteiger charge is -2.26. The van der Waals surface area contributed by atoms with Crippen LogP contribution in [0.3, 0.4) is 0 Å². The summed E-state index contributed by atoms with van der Waals surface area (Å²) in [7, 11) is 0. The lowest BCUT2D eigenvalue weighted by atomic mass is 10.1. The molecule has 1 aliphatic rings. The quantitative estimate of drug-likeness (QED) is 0.713. The predicted molar refractivity (Wildman–Crippen MR) is 95.5 cm³/mol. The lowest BCUT2D eigenvalue weighted by molar-refractivity contribution is 0.0341. The highest BCUT2D eigenvalue weighted by Crippen LogP contribution is 2.11. The van der Waals surface area contributed by atoms with E-state index >= 15 is 0 Å². The van der Waals surface area contributed by atoms with Crippen LogP contribution in [-0.4, -0.2) is 51.0 Å². The van der Waals surface area contributed by atoms with Crippen molar-refractivity contribution in [1.29, 1.82) is 0 Å². The molecule has 1 N–H and O–H groups in total. The Hall–Kier alpha value is -2.55. The van der Waals surface area contributed by atoms with E-state index in [-0.39, 0.29) is 12.3 Å². The van der Waals surface area contributed by atoms with E-state index in [1.54, 1.807) is 4.68 Å². The van der Waals surface area contributed by atoms with E-state index in [1.807, 2.05) is 0 Å². The molecule has 0 saturated carbocycles. The van der Waals surface area contributed by atoms with Gasteiger partial charge in [0, 0.05) is 19.6 Å². The third-order valence-electron chi connectivity index (χ3n) is 4.45. The number of benzene rings is 1. The number of aromatic amines is 1. The zero-order valence-corrected chi connectivity index (χ0v) is 14.4. The average molecular weight is 355 g/mol. The molecular formula is C18H21N5O3. The van der Waals surface area contributed by atoms with Crippen LogP contribution in [0.2, 0.25) is 0 Å². The molecule has 3 aromatic rings. The molecule has 0 atom stereocenters. The maximum Gasteiger partial charge on any atom is 0.261 e. The van der Waals surface area contributed by atoms with Crippen LogP contribution >= 0.6 is 0 Å². The van der Waals surface area contributed by atoms with E-state index in [9.17, 15) is 4.79 Å². The molecule has 3 heterocycles. The van der Waals surface area contributed by atoms with Gasteiger partial charge < -0.3 is 14.5 Å². The fourth-order valence-corrected chi connectivity index (χ4v) is 3.01. The second-order valence-electron chi connectivity index (χ2n) is 6.30. The van der Waals surface area contributed by atoms with Crippen LogP contribution in [0.4, 0.5) is 0 Å². The van der Waals surface area contributed by atoms with Crippen molar-refractivity contribution in [3.8, 4) is 0 Å². The zero-order valence-electron chi connectivity index (χ0n) is 14.4. The molecule has 2 aromatic heterocycles. The molecule has 8 heteroatoms. The van der Waals surface area contributed by atoms with Crippen LogP contribution in [0.25, 0.3) is 11.0 Å². The molecule has 0 radical (unpaired) electrons. The molecule has 8 nitrogen and oxygen atoms in total. The molecule has 1 fully saturated rings. The molecule has 0 amide bonds. The van der Waals surface area contributed by atoms with Crippen molar-refractivity contribution >= 4 is 11.0 Å². The summed E-state index contributed by atoms with van der Waals surface area (Å²) in [5, 5.41) is 4.62. The second kappa shape index (κ2) is 7.77. The highest BCUT2D eigenvalue weighted by atomic mass is 16.5. The van der Waals surface area contributed by atoms with Gasteiger partial charge in [-0.15, -0.1) is 0 Å². The minimum atomic E-state index is -0.197. The number of H-pyrrole nitrogens is 1. The maximum atomic E-state index is 11.7. The van der Waals surface area contributed by atoms with E-state index in [4.69, 9.17) is 9.47 Å². The zero-order chi connectivity index (χ0) is 17.8.